The number of likely N-dealkylation sites (tertiary alicyclic amines) is 1. The quantitative estimate of drug-likeness (QED) is 0.539. The number of ether oxygens (including phenoxy) is 2. The van der Waals surface area contributed by atoms with Gasteiger partial charge in [-0.25, -0.2) is 4.79 Å². The number of carbonyl (C=O) groups is 1. The van der Waals surface area contributed by atoms with Crippen LogP contribution in [0.4, 0.5) is 10.5 Å². The van der Waals surface area contributed by atoms with Gasteiger partial charge in [-0.15, -0.1) is 12.4 Å². The molecular weight excluding hydrogens is 352 g/mol. The maximum atomic E-state index is 12.0. The Hall–Kier alpha value is -1.46. The smallest absolute Gasteiger partial charge is 0.411 e. The molecule has 1 aromatic rings. The fourth-order valence-corrected chi connectivity index (χ4v) is 3.01. The van der Waals surface area contributed by atoms with E-state index in [4.69, 9.17) is 9.47 Å². The Balaban J connectivity index is 0.00000338. The monoisotopic (exact) mass is 384 g/mol. The van der Waals surface area contributed by atoms with Gasteiger partial charge >= 0.3 is 6.09 Å². The average molecular weight is 385 g/mol. The van der Waals surface area contributed by atoms with Crippen LogP contribution in [-0.4, -0.2) is 43.8 Å². The maximum absolute atomic E-state index is 12.0. The minimum absolute atomic E-state index is 0. The first kappa shape index (κ1) is 22.6. The lowest BCUT2D eigenvalue weighted by Crippen LogP contribution is -2.23. The molecule has 5 nitrogen and oxygen atoms in total. The molecule has 0 bridgehead atoms. The van der Waals surface area contributed by atoms with Gasteiger partial charge in [0.25, 0.3) is 0 Å². The number of anilines is 1. The van der Waals surface area contributed by atoms with Crippen LogP contribution in [0.2, 0.25) is 0 Å². The summed E-state index contributed by atoms with van der Waals surface area (Å²) in [6.45, 7) is 6.66. The number of hydrogen-bond donors (Lipinski definition) is 1. The molecule has 1 fully saturated rings. The van der Waals surface area contributed by atoms with Crippen molar-refractivity contribution in [1.29, 1.82) is 0 Å². The molecule has 1 aromatic carbocycles. The van der Waals surface area contributed by atoms with E-state index >= 15 is 0 Å². The third kappa shape index (κ3) is 8.77. The average Bonchev–Trinajstić information content (AvgIpc) is 3.13. The van der Waals surface area contributed by atoms with E-state index in [2.05, 4.69) is 17.1 Å². The molecule has 1 amide bonds. The van der Waals surface area contributed by atoms with Gasteiger partial charge in [-0.3, -0.25) is 5.32 Å². The van der Waals surface area contributed by atoms with Crippen LogP contribution in [0, 0.1) is 0 Å². The van der Waals surface area contributed by atoms with Crippen LogP contribution in [-0.2, 0) is 4.74 Å². The van der Waals surface area contributed by atoms with Crippen LogP contribution in [0.1, 0.15) is 51.9 Å². The van der Waals surface area contributed by atoms with Crippen molar-refractivity contribution in [2.24, 2.45) is 0 Å². The standard InChI is InChI=1S/C20H32N2O3.ClH/c1-2-3-4-9-16-24-19-12-6-5-11-18(19)21-20(23)25-17-10-15-22-13-7-8-14-22;/h5-6,11-12H,2-4,7-10,13-17H2,1H3,(H,21,23);1H. The van der Waals surface area contributed by atoms with E-state index in [0.29, 0.717) is 24.7 Å². The largest absolute Gasteiger partial charge is 0.491 e. The molecule has 148 valence electrons. The molecule has 1 aliphatic rings. The number of halogens is 1. The van der Waals surface area contributed by atoms with Gasteiger partial charge in [0.05, 0.1) is 18.9 Å². The second-order valence-corrected chi connectivity index (χ2v) is 6.57. The van der Waals surface area contributed by atoms with Crippen LogP contribution >= 0.6 is 12.4 Å². The Labute approximate surface area is 163 Å². The summed E-state index contributed by atoms with van der Waals surface area (Å²) in [5.74, 6) is 0.702. The zero-order chi connectivity index (χ0) is 17.7. The molecule has 0 unspecified atom stereocenters. The lowest BCUT2D eigenvalue weighted by molar-refractivity contribution is 0.154. The number of carbonyl (C=O) groups excluding carboxylic acids is 1. The number of hydrogen-bond acceptors (Lipinski definition) is 4. The molecule has 0 saturated carbocycles. The zero-order valence-electron chi connectivity index (χ0n) is 15.9. The summed E-state index contributed by atoms with van der Waals surface area (Å²) in [4.78, 5) is 14.4. The fourth-order valence-electron chi connectivity index (χ4n) is 3.01. The lowest BCUT2D eigenvalue weighted by Gasteiger charge is -2.15. The molecule has 0 atom stereocenters. The minimum atomic E-state index is -0.413. The molecular formula is C20H33ClN2O3. The van der Waals surface area contributed by atoms with Crippen molar-refractivity contribution >= 4 is 24.2 Å². The predicted octanol–water partition coefficient (Wildman–Crippen LogP) is 5.10. The SMILES string of the molecule is CCCCCCOc1ccccc1NC(=O)OCCCN1CCCC1.Cl. The first-order valence-electron chi connectivity index (χ1n) is 9.67. The molecule has 26 heavy (non-hydrogen) atoms. The highest BCUT2D eigenvalue weighted by Crippen LogP contribution is 2.24. The van der Waals surface area contributed by atoms with E-state index in [1.54, 1.807) is 0 Å². The normalized spacial score (nSPS) is 13.9. The highest BCUT2D eigenvalue weighted by molar-refractivity contribution is 5.86. The van der Waals surface area contributed by atoms with Crippen molar-refractivity contribution < 1.29 is 14.3 Å². The van der Waals surface area contributed by atoms with Crippen molar-refractivity contribution in [3.63, 3.8) is 0 Å². The van der Waals surface area contributed by atoms with E-state index < -0.39 is 6.09 Å². The van der Waals surface area contributed by atoms with E-state index in [9.17, 15) is 4.79 Å². The number of nitrogens with zero attached hydrogens (tertiary/aromatic N) is 1. The van der Waals surface area contributed by atoms with Crippen molar-refractivity contribution in [2.75, 3.05) is 38.2 Å². The summed E-state index contributed by atoms with van der Waals surface area (Å²) in [6, 6.07) is 7.51. The van der Waals surface area contributed by atoms with Crippen LogP contribution in [0.3, 0.4) is 0 Å². The van der Waals surface area contributed by atoms with E-state index in [0.717, 1.165) is 19.4 Å². The molecule has 1 heterocycles. The molecule has 1 aliphatic heterocycles. The molecule has 6 heteroatoms. The van der Waals surface area contributed by atoms with Crippen LogP contribution < -0.4 is 10.1 Å². The van der Waals surface area contributed by atoms with Gasteiger partial charge in [0.15, 0.2) is 0 Å². The van der Waals surface area contributed by atoms with Crippen molar-refractivity contribution in [2.45, 2.75) is 51.9 Å². The number of amides is 1. The fraction of sp³-hybridized carbons (Fsp3) is 0.650. The summed E-state index contributed by atoms with van der Waals surface area (Å²) in [5, 5.41) is 2.79. The Morgan fingerprint density at radius 1 is 1.08 bits per heavy atom. The highest BCUT2D eigenvalue weighted by atomic mass is 35.5. The highest BCUT2D eigenvalue weighted by Gasteiger charge is 2.12. The Kier molecular flexibility index (Phi) is 11.9. The molecule has 2 rings (SSSR count). The maximum Gasteiger partial charge on any atom is 0.411 e. The summed E-state index contributed by atoms with van der Waals surface area (Å²) in [5.41, 5.74) is 0.669. The van der Waals surface area contributed by atoms with Crippen LogP contribution in [0.5, 0.6) is 5.75 Å². The third-order valence-corrected chi connectivity index (χ3v) is 4.43. The third-order valence-electron chi connectivity index (χ3n) is 4.43. The van der Waals surface area contributed by atoms with Crippen molar-refractivity contribution in [3.05, 3.63) is 24.3 Å². The predicted molar refractivity (Wildman–Crippen MR) is 109 cm³/mol. The topological polar surface area (TPSA) is 50.8 Å². The molecule has 0 aliphatic carbocycles. The van der Waals surface area contributed by atoms with Crippen LogP contribution in [0.25, 0.3) is 0 Å². The summed E-state index contributed by atoms with van der Waals surface area (Å²) < 4.78 is 11.1. The zero-order valence-corrected chi connectivity index (χ0v) is 16.7. The van der Waals surface area contributed by atoms with E-state index in [-0.39, 0.29) is 12.4 Å². The first-order valence-corrected chi connectivity index (χ1v) is 9.67. The second-order valence-electron chi connectivity index (χ2n) is 6.57. The Bertz CT molecular complexity index is 508. The Morgan fingerprint density at radius 3 is 2.62 bits per heavy atom. The Morgan fingerprint density at radius 2 is 1.85 bits per heavy atom. The lowest BCUT2D eigenvalue weighted by atomic mass is 10.2. The number of para-hydroxylation sites is 2. The van der Waals surface area contributed by atoms with Gasteiger partial charge in [-0.1, -0.05) is 38.3 Å². The summed E-state index contributed by atoms with van der Waals surface area (Å²) in [7, 11) is 0. The molecule has 0 spiro atoms. The van der Waals surface area contributed by atoms with Gasteiger partial charge in [0.2, 0.25) is 0 Å². The molecule has 0 radical (unpaired) electrons. The number of benzene rings is 1. The van der Waals surface area contributed by atoms with Gasteiger partial charge < -0.3 is 14.4 Å². The number of rotatable bonds is 11. The molecule has 1 saturated heterocycles. The van der Waals surface area contributed by atoms with Gasteiger partial charge in [0, 0.05) is 6.54 Å². The van der Waals surface area contributed by atoms with Crippen molar-refractivity contribution in [1.82, 2.24) is 4.90 Å². The van der Waals surface area contributed by atoms with Crippen molar-refractivity contribution in [3.8, 4) is 5.75 Å². The number of unbranched alkanes of at least 4 members (excludes halogenated alkanes) is 3. The first-order chi connectivity index (χ1) is 12.3. The van der Waals surface area contributed by atoms with E-state index in [1.807, 2.05) is 24.3 Å². The number of nitrogens with one attached hydrogen (secondary N) is 1. The minimum Gasteiger partial charge on any atom is -0.491 e. The molecule has 1 N–H and O–H groups in total. The second kappa shape index (κ2) is 13.7. The van der Waals surface area contributed by atoms with Gasteiger partial charge in [-0.05, 0) is 50.9 Å². The summed E-state index contributed by atoms with van der Waals surface area (Å²) in [6.07, 6.45) is 7.68. The molecule has 0 aromatic heterocycles. The summed E-state index contributed by atoms with van der Waals surface area (Å²) >= 11 is 0. The van der Waals surface area contributed by atoms with Gasteiger partial charge in [0.1, 0.15) is 5.75 Å². The van der Waals surface area contributed by atoms with Crippen LogP contribution in [0.15, 0.2) is 24.3 Å². The van der Waals surface area contributed by atoms with Gasteiger partial charge in [-0.2, -0.15) is 0 Å². The van der Waals surface area contributed by atoms with E-state index in [1.165, 1.54) is 45.2 Å².